The molecule has 0 bridgehead atoms. The van der Waals surface area contributed by atoms with Crippen LogP contribution in [0.15, 0.2) is 29.2 Å². The average molecular weight is 309 g/mol. The lowest BCUT2D eigenvalue weighted by molar-refractivity contribution is 0.326. The van der Waals surface area contributed by atoms with E-state index < -0.39 is 10.0 Å². The van der Waals surface area contributed by atoms with E-state index in [9.17, 15) is 8.42 Å². The summed E-state index contributed by atoms with van der Waals surface area (Å²) in [6.45, 7) is 2.13. The molecule has 1 aromatic rings. The number of sulfonamides is 1. The fraction of sp³-hybridized carbons (Fsp3) is 0.600. The molecule has 5 nitrogen and oxygen atoms in total. The van der Waals surface area contributed by atoms with Crippen LogP contribution in [-0.2, 0) is 10.0 Å². The first kappa shape index (κ1) is 14.8. The van der Waals surface area contributed by atoms with Crippen molar-refractivity contribution in [1.29, 1.82) is 0 Å². The largest absolute Gasteiger partial charge is 0.380 e. The number of hydrogen-bond donors (Lipinski definition) is 1. The monoisotopic (exact) mass is 309 g/mol. The summed E-state index contributed by atoms with van der Waals surface area (Å²) in [6, 6.07) is 8.29. The fourth-order valence-electron chi connectivity index (χ4n) is 2.90. The molecule has 1 aliphatic heterocycles. The van der Waals surface area contributed by atoms with Gasteiger partial charge in [-0.1, -0.05) is 12.1 Å². The summed E-state index contributed by atoms with van der Waals surface area (Å²) in [5.74, 6) is 0. The van der Waals surface area contributed by atoms with Gasteiger partial charge in [0.25, 0.3) is 0 Å². The van der Waals surface area contributed by atoms with Gasteiger partial charge in [-0.15, -0.1) is 0 Å². The number of nitrogens with one attached hydrogen (secondary N) is 1. The summed E-state index contributed by atoms with van der Waals surface area (Å²) >= 11 is 0. The zero-order chi connectivity index (χ0) is 15.0. The van der Waals surface area contributed by atoms with E-state index in [1.54, 1.807) is 26.2 Å². The van der Waals surface area contributed by atoms with E-state index in [0.29, 0.717) is 16.6 Å². The lowest BCUT2D eigenvalue weighted by Gasteiger charge is -2.20. The third-order valence-corrected chi connectivity index (χ3v) is 6.16. The molecular weight excluding hydrogens is 286 g/mol. The summed E-state index contributed by atoms with van der Waals surface area (Å²) in [5.41, 5.74) is 0.717. The Morgan fingerprint density at radius 1 is 1.19 bits per heavy atom. The van der Waals surface area contributed by atoms with Crippen LogP contribution in [0.25, 0.3) is 0 Å². The first-order valence-electron chi connectivity index (χ1n) is 7.50. The predicted molar refractivity (Wildman–Crippen MR) is 83.9 cm³/mol. The van der Waals surface area contributed by atoms with E-state index in [1.165, 1.54) is 17.1 Å². The summed E-state index contributed by atoms with van der Waals surface area (Å²) in [7, 11) is -0.278. The molecule has 0 aromatic heterocycles. The van der Waals surface area contributed by atoms with Crippen LogP contribution in [0.3, 0.4) is 0 Å². The Kier molecular flexibility index (Phi) is 3.94. The van der Waals surface area contributed by atoms with Crippen LogP contribution in [0.2, 0.25) is 0 Å². The Morgan fingerprint density at radius 3 is 2.57 bits per heavy atom. The number of hydrogen-bond acceptors (Lipinski definition) is 4. The van der Waals surface area contributed by atoms with Crippen molar-refractivity contribution in [2.75, 3.05) is 32.5 Å². The van der Waals surface area contributed by atoms with Crippen LogP contribution in [-0.4, -0.2) is 56.9 Å². The van der Waals surface area contributed by atoms with Crippen LogP contribution in [0.1, 0.15) is 19.3 Å². The molecule has 1 unspecified atom stereocenters. The lowest BCUT2D eigenvalue weighted by atomic mass is 10.2. The molecule has 1 N–H and O–H groups in total. The highest BCUT2D eigenvalue weighted by Gasteiger charge is 2.34. The molecule has 3 rings (SSSR count). The SMILES string of the molecule is CN(C)S(=O)(=O)c1ccccc1NC1CCN(C2CC2)C1. The van der Waals surface area contributed by atoms with Crippen molar-refractivity contribution in [1.82, 2.24) is 9.21 Å². The van der Waals surface area contributed by atoms with E-state index in [1.807, 2.05) is 12.1 Å². The van der Waals surface area contributed by atoms with Crippen LogP contribution < -0.4 is 5.32 Å². The molecular formula is C15H23N3O2S. The van der Waals surface area contributed by atoms with Gasteiger partial charge in [-0.3, -0.25) is 4.90 Å². The molecule has 0 spiro atoms. The molecule has 1 atom stereocenters. The third kappa shape index (κ3) is 3.07. The van der Waals surface area contributed by atoms with Gasteiger partial charge in [0.1, 0.15) is 4.90 Å². The van der Waals surface area contributed by atoms with Crippen molar-refractivity contribution in [3.8, 4) is 0 Å². The number of para-hydroxylation sites is 1. The van der Waals surface area contributed by atoms with Crippen LogP contribution in [0.4, 0.5) is 5.69 Å². The zero-order valence-corrected chi connectivity index (χ0v) is 13.4. The van der Waals surface area contributed by atoms with Crippen molar-refractivity contribution >= 4 is 15.7 Å². The highest BCUT2D eigenvalue weighted by Crippen LogP contribution is 2.31. The molecule has 1 heterocycles. The maximum atomic E-state index is 12.4. The number of nitrogens with zero attached hydrogens (tertiary/aromatic N) is 2. The molecule has 0 amide bonds. The molecule has 21 heavy (non-hydrogen) atoms. The van der Waals surface area contributed by atoms with E-state index in [2.05, 4.69) is 10.2 Å². The summed E-state index contributed by atoms with van der Waals surface area (Å²) in [5, 5.41) is 3.44. The molecule has 1 aromatic carbocycles. The molecule has 116 valence electrons. The molecule has 1 saturated heterocycles. The summed E-state index contributed by atoms with van der Waals surface area (Å²) in [4.78, 5) is 2.88. The van der Waals surface area contributed by atoms with Gasteiger partial charge in [-0.25, -0.2) is 12.7 Å². The van der Waals surface area contributed by atoms with E-state index in [0.717, 1.165) is 25.6 Å². The van der Waals surface area contributed by atoms with Crippen molar-refractivity contribution in [2.45, 2.75) is 36.2 Å². The zero-order valence-electron chi connectivity index (χ0n) is 12.6. The number of benzene rings is 1. The second kappa shape index (κ2) is 5.59. The predicted octanol–water partition coefficient (Wildman–Crippen LogP) is 1.59. The Balaban J connectivity index is 1.77. The fourth-order valence-corrected chi connectivity index (χ4v) is 3.95. The highest BCUT2D eigenvalue weighted by molar-refractivity contribution is 7.89. The van der Waals surface area contributed by atoms with Crippen molar-refractivity contribution in [3.05, 3.63) is 24.3 Å². The van der Waals surface area contributed by atoms with Crippen LogP contribution >= 0.6 is 0 Å². The Hall–Kier alpha value is -1.11. The molecule has 1 aliphatic carbocycles. The van der Waals surface area contributed by atoms with Gasteiger partial charge in [0, 0.05) is 39.3 Å². The second-order valence-corrected chi connectivity index (χ2v) is 8.26. The van der Waals surface area contributed by atoms with E-state index in [-0.39, 0.29) is 0 Å². The lowest BCUT2D eigenvalue weighted by Crippen LogP contribution is -2.29. The number of rotatable bonds is 5. The van der Waals surface area contributed by atoms with Crippen molar-refractivity contribution in [3.63, 3.8) is 0 Å². The smallest absolute Gasteiger partial charge is 0.244 e. The van der Waals surface area contributed by atoms with Gasteiger partial charge >= 0.3 is 0 Å². The molecule has 0 radical (unpaired) electrons. The Morgan fingerprint density at radius 2 is 1.90 bits per heavy atom. The van der Waals surface area contributed by atoms with Gasteiger partial charge in [0.2, 0.25) is 10.0 Å². The van der Waals surface area contributed by atoms with Crippen LogP contribution in [0.5, 0.6) is 0 Å². The minimum Gasteiger partial charge on any atom is -0.380 e. The van der Waals surface area contributed by atoms with Gasteiger partial charge in [0.05, 0.1) is 5.69 Å². The standard InChI is InChI=1S/C15H23N3O2S/c1-17(2)21(19,20)15-6-4-3-5-14(15)16-12-9-10-18(11-12)13-7-8-13/h3-6,12-13,16H,7-11H2,1-2H3. The maximum Gasteiger partial charge on any atom is 0.244 e. The number of anilines is 1. The summed E-state index contributed by atoms with van der Waals surface area (Å²) in [6.07, 6.45) is 3.71. The highest BCUT2D eigenvalue weighted by atomic mass is 32.2. The second-order valence-electron chi connectivity index (χ2n) is 6.14. The molecule has 2 aliphatic rings. The van der Waals surface area contributed by atoms with Gasteiger partial charge in [-0.2, -0.15) is 0 Å². The third-order valence-electron chi connectivity index (χ3n) is 4.29. The normalized spacial score (nSPS) is 23.7. The van der Waals surface area contributed by atoms with Crippen molar-refractivity contribution in [2.24, 2.45) is 0 Å². The minimum absolute atomic E-state index is 0.337. The van der Waals surface area contributed by atoms with Gasteiger partial charge in [-0.05, 0) is 31.4 Å². The average Bonchev–Trinajstić information content (AvgIpc) is 3.20. The number of likely N-dealkylation sites (tertiary alicyclic amines) is 1. The van der Waals surface area contributed by atoms with Crippen molar-refractivity contribution < 1.29 is 8.42 Å². The van der Waals surface area contributed by atoms with Crippen LogP contribution in [0, 0.1) is 0 Å². The molecule has 6 heteroatoms. The molecule has 1 saturated carbocycles. The maximum absolute atomic E-state index is 12.4. The Labute approximate surface area is 127 Å². The quantitative estimate of drug-likeness (QED) is 0.897. The topological polar surface area (TPSA) is 52.7 Å². The Bertz CT molecular complexity index is 611. The van der Waals surface area contributed by atoms with E-state index >= 15 is 0 Å². The summed E-state index contributed by atoms with van der Waals surface area (Å²) < 4.78 is 26.0. The van der Waals surface area contributed by atoms with Gasteiger partial charge in [0.15, 0.2) is 0 Å². The minimum atomic E-state index is -3.41. The first-order chi connectivity index (χ1) is 9.98. The van der Waals surface area contributed by atoms with Gasteiger partial charge < -0.3 is 5.32 Å². The molecule has 2 fully saturated rings. The first-order valence-corrected chi connectivity index (χ1v) is 8.94. The van der Waals surface area contributed by atoms with E-state index in [4.69, 9.17) is 0 Å².